The van der Waals surface area contributed by atoms with Crippen LogP contribution in [0.1, 0.15) is 19.4 Å². The number of nitrogen functional groups attached to an aromatic ring is 1. The zero-order valence-corrected chi connectivity index (χ0v) is 19.0. The van der Waals surface area contributed by atoms with Gasteiger partial charge < -0.3 is 19.9 Å². The van der Waals surface area contributed by atoms with E-state index >= 15 is 0 Å². The van der Waals surface area contributed by atoms with E-state index in [2.05, 4.69) is 10.4 Å². The van der Waals surface area contributed by atoms with E-state index < -0.39 is 0 Å². The summed E-state index contributed by atoms with van der Waals surface area (Å²) in [6.07, 6.45) is 5.31. The number of hydrogen-bond acceptors (Lipinski definition) is 6. The highest BCUT2D eigenvalue weighted by molar-refractivity contribution is 7.18. The fraction of sp³-hybridized carbons (Fsp3) is 0.192. The molecule has 0 atom stereocenters. The van der Waals surface area contributed by atoms with Crippen LogP contribution in [0, 0.1) is 0 Å². The SMILES string of the molecule is CCOC(C=Cc1cnc(N)c2c(-c3ccc(Oc4ccccc4)cc3)csc12)OCC. The van der Waals surface area contributed by atoms with Gasteiger partial charge in [-0.1, -0.05) is 36.4 Å². The molecule has 4 rings (SSSR count). The molecule has 0 spiro atoms. The predicted octanol–water partition coefficient (Wildman–Crippen LogP) is 6.75. The molecule has 0 aliphatic carbocycles. The van der Waals surface area contributed by atoms with Crippen LogP contribution in [0.15, 0.2) is 72.3 Å². The Morgan fingerprint density at radius 2 is 1.66 bits per heavy atom. The number of benzene rings is 2. The van der Waals surface area contributed by atoms with Crippen molar-refractivity contribution in [3.05, 3.63) is 77.8 Å². The Kier molecular flexibility index (Phi) is 7.17. The fourth-order valence-corrected chi connectivity index (χ4v) is 4.49. The number of fused-ring (bicyclic) bond motifs is 1. The summed E-state index contributed by atoms with van der Waals surface area (Å²) in [6.45, 7) is 5.06. The highest BCUT2D eigenvalue weighted by Crippen LogP contribution is 2.39. The van der Waals surface area contributed by atoms with Crippen LogP contribution in [0.5, 0.6) is 11.5 Å². The van der Waals surface area contributed by atoms with Gasteiger partial charge in [0.15, 0.2) is 6.29 Å². The molecule has 0 fully saturated rings. The standard InChI is InChI=1S/C26H26N2O3S/c1-3-29-23(30-4-2)15-12-19-16-28-26(27)24-22(17-32-25(19)24)18-10-13-21(14-11-18)31-20-8-6-5-7-9-20/h5-17,23H,3-4H2,1-2H3,(H2,27,28). The molecule has 5 nitrogen and oxygen atoms in total. The summed E-state index contributed by atoms with van der Waals surface area (Å²) in [5.74, 6) is 2.11. The molecule has 2 aromatic heterocycles. The topological polar surface area (TPSA) is 66.6 Å². The summed E-state index contributed by atoms with van der Waals surface area (Å²) in [6, 6.07) is 17.8. The molecule has 0 amide bonds. The van der Waals surface area contributed by atoms with Crippen molar-refractivity contribution < 1.29 is 14.2 Å². The van der Waals surface area contributed by atoms with E-state index in [0.717, 1.165) is 38.3 Å². The molecule has 2 aromatic carbocycles. The monoisotopic (exact) mass is 446 g/mol. The third kappa shape index (κ3) is 4.99. The number of anilines is 1. The quantitative estimate of drug-likeness (QED) is 0.288. The predicted molar refractivity (Wildman–Crippen MR) is 132 cm³/mol. The van der Waals surface area contributed by atoms with Crippen molar-refractivity contribution in [2.24, 2.45) is 0 Å². The first-order valence-corrected chi connectivity index (χ1v) is 11.5. The largest absolute Gasteiger partial charge is 0.457 e. The second-order valence-electron chi connectivity index (χ2n) is 7.03. The molecule has 2 N–H and O–H groups in total. The van der Waals surface area contributed by atoms with Crippen LogP contribution < -0.4 is 10.5 Å². The summed E-state index contributed by atoms with van der Waals surface area (Å²) in [4.78, 5) is 4.44. The maximum atomic E-state index is 6.29. The van der Waals surface area contributed by atoms with Gasteiger partial charge in [-0.05, 0) is 55.1 Å². The fourth-order valence-electron chi connectivity index (χ4n) is 3.42. The van der Waals surface area contributed by atoms with E-state index in [-0.39, 0.29) is 6.29 Å². The van der Waals surface area contributed by atoms with Gasteiger partial charge in [-0.15, -0.1) is 11.3 Å². The van der Waals surface area contributed by atoms with Gasteiger partial charge in [0.2, 0.25) is 0 Å². The third-order valence-electron chi connectivity index (χ3n) is 4.89. The number of nitrogens with two attached hydrogens (primary N) is 1. The van der Waals surface area contributed by atoms with Crippen molar-refractivity contribution >= 4 is 33.3 Å². The lowest BCUT2D eigenvalue weighted by Gasteiger charge is -2.12. The number of pyridine rings is 1. The van der Waals surface area contributed by atoms with E-state index in [0.29, 0.717) is 19.0 Å². The lowest BCUT2D eigenvalue weighted by atomic mass is 10.0. The van der Waals surface area contributed by atoms with Crippen LogP contribution in [0.3, 0.4) is 0 Å². The minimum absolute atomic E-state index is 0.380. The molecule has 2 heterocycles. The summed E-state index contributed by atoms with van der Waals surface area (Å²) < 4.78 is 18.2. The second kappa shape index (κ2) is 10.4. The number of aromatic nitrogens is 1. The molecular weight excluding hydrogens is 420 g/mol. The van der Waals surface area contributed by atoms with Gasteiger partial charge in [-0.3, -0.25) is 0 Å². The van der Waals surface area contributed by atoms with Gasteiger partial charge in [-0.2, -0.15) is 0 Å². The van der Waals surface area contributed by atoms with Crippen molar-refractivity contribution in [1.29, 1.82) is 0 Å². The minimum atomic E-state index is -0.380. The van der Waals surface area contributed by atoms with Gasteiger partial charge >= 0.3 is 0 Å². The summed E-state index contributed by atoms with van der Waals surface area (Å²) in [5.41, 5.74) is 9.39. The van der Waals surface area contributed by atoms with Crippen molar-refractivity contribution in [3.63, 3.8) is 0 Å². The van der Waals surface area contributed by atoms with E-state index in [4.69, 9.17) is 19.9 Å². The molecule has 4 aromatic rings. The van der Waals surface area contributed by atoms with Crippen molar-refractivity contribution in [1.82, 2.24) is 4.98 Å². The average molecular weight is 447 g/mol. The lowest BCUT2D eigenvalue weighted by molar-refractivity contribution is -0.103. The molecule has 0 unspecified atom stereocenters. The molecule has 32 heavy (non-hydrogen) atoms. The van der Waals surface area contributed by atoms with Crippen molar-refractivity contribution in [2.75, 3.05) is 18.9 Å². The number of thiophene rings is 1. The van der Waals surface area contributed by atoms with Gasteiger partial charge in [0.25, 0.3) is 0 Å². The zero-order valence-electron chi connectivity index (χ0n) is 18.2. The zero-order chi connectivity index (χ0) is 22.3. The number of ether oxygens (including phenoxy) is 3. The summed E-state index contributed by atoms with van der Waals surface area (Å²) >= 11 is 1.65. The third-order valence-corrected chi connectivity index (χ3v) is 5.92. The highest BCUT2D eigenvalue weighted by atomic mass is 32.1. The van der Waals surface area contributed by atoms with Crippen LogP contribution in [-0.4, -0.2) is 24.5 Å². The molecule has 0 aliphatic rings. The highest BCUT2D eigenvalue weighted by Gasteiger charge is 2.14. The van der Waals surface area contributed by atoms with Crippen LogP contribution in [0.2, 0.25) is 0 Å². The maximum absolute atomic E-state index is 6.29. The van der Waals surface area contributed by atoms with E-state index in [1.165, 1.54) is 0 Å². The number of para-hydroxylation sites is 1. The lowest BCUT2D eigenvalue weighted by Crippen LogP contribution is -2.13. The molecule has 0 aliphatic heterocycles. The van der Waals surface area contributed by atoms with Gasteiger partial charge in [0.05, 0.1) is 0 Å². The van der Waals surface area contributed by atoms with Gasteiger partial charge in [0, 0.05) is 40.6 Å². The number of hydrogen-bond donors (Lipinski definition) is 1. The second-order valence-corrected chi connectivity index (χ2v) is 7.91. The van der Waals surface area contributed by atoms with Gasteiger partial charge in [0.1, 0.15) is 17.3 Å². The molecule has 0 saturated carbocycles. The first kappa shape index (κ1) is 22.0. The first-order chi connectivity index (χ1) is 15.7. The van der Waals surface area contributed by atoms with Crippen molar-refractivity contribution in [3.8, 4) is 22.6 Å². The Morgan fingerprint density at radius 1 is 0.969 bits per heavy atom. The summed E-state index contributed by atoms with van der Waals surface area (Å²) in [5, 5.41) is 3.08. The Hall–Kier alpha value is -3.19. The van der Waals surface area contributed by atoms with Crippen LogP contribution in [0.25, 0.3) is 27.3 Å². The van der Waals surface area contributed by atoms with E-state index in [9.17, 15) is 0 Å². The van der Waals surface area contributed by atoms with Crippen LogP contribution >= 0.6 is 11.3 Å². The Balaban J connectivity index is 1.62. The summed E-state index contributed by atoms with van der Waals surface area (Å²) in [7, 11) is 0. The first-order valence-electron chi connectivity index (χ1n) is 10.6. The normalized spacial score (nSPS) is 11.6. The van der Waals surface area contributed by atoms with Crippen LogP contribution in [0.4, 0.5) is 5.82 Å². The molecule has 6 heteroatoms. The molecule has 0 radical (unpaired) electrons. The average Bonchev–Trinajstić information content (AvgIpc) is 3.26. The number of rotatable bonds is 9. The Morgan fingerprint density at radius 3 is 2.34 bits per heavy atom. The van der Waals surface area contributed by atoms with Crippen LogP contribution in [-0.2, 0) is 9.47 Å². The molecule has 0 saturated heterocycles. The molecular formula is C26H26N2O3S. The Bertz CT molecular complexity index is 1180. The molecule has 0 bridgehead atoms. The molecule has 164 valence electrons. The smallest absolute Gasteiger partial charge is 0.177 e. The van der Waals surface area contributed by atoms with E-state index in [1.807, 2.05) is 80.6 Å². The van der Waals surface area contributed by atoms with E-state index in [1.54, 1.807) is 17.5 Å². The van der Waals surface area contributed by atoms with Crippen molar-refractivity contribution in [2.45, 2.75) is 20.1 Å². The minimum Gasteiger partial charge on any atom is -0.457 e. The number of nitrogens with zero attached hydrogens (tertiary/aromatic N) is 1. The maximum Gasteiger partial charge on any atom is 0.177 e. The van der Waals surface area contributed by atoms with Gasteiger partial charge in [-0.25, -0.2) is 4.98 Å². The Labute approximate surface area is 192 Å².